The molecule has 0 bridgehead atoms. The monoisotopic (exact) mass is 216 g/mol. The molecule has 1 unspecified atom stereocenters. The molecule has 1 nitrogen and oxygen atoms in total. The number of aliphatic hydroxyl groups is 1. The molecule has 1 heteroatoms. The molecular weight excluding hydrogens is 196 g/mol. The second kappa shape index (κ2) is 5.31. The van der Waals surface area contributed by atoms with Crippen molar-refractivity contribution in [3.05, 3.63) is 41.5 Å². The third kappa shape index (κ3) is 2.73. The molecule has 86 valence electrons. The van der Waals surface area contributed by atoms with Gasteiger partial charge in [0, 0.05) is 0 Å². The average molecular weight is 216 g/mol. The highest BCUT2D eigenvalue weighted by Gasteiger charge is 2.11. The van der Waals surface area contributed by atoms with E-state index >= 15 is 0 Å². The van der Waals surface area contributed by atoms with Crippen LogP contribution in [-0.4, -0.2) is 11.2 Å². The molecule has 0 fully saturated rings. The van der Waals surface area contributed by atoms with Crippen LogP contribution < -0.4 is 0 Å². The zero-order valence-electron chi connectivity index (χ0n) is 9.95. The summed E-state index contributed by atoms with van der Waals surface area (Å²) in [6.45, 7) is 2.20. The zero-order chi connectivity index (χ0) is 11.4. The van der Waals surface area contributed by atoms with Crippen molar-refractivity contribution in [2.75, 3.05) is 0 Å². The summed E-state index contributed by atoms with van der Waals surface area (Å²) in [5.41, 5.74) is 3.99. The number of hydrogen-bond acceptors (Lipinski definition) is 1. The Balaban J connectivity index is 2.15. The van der Waals surface area contributed by atoms with E-state index in [0.29, 0.717) is 0 Å². The van der Waals surface area contributed by atoms with Crippen LogP contribution in [0.3, 0.4) is 0 Å². The lowest BCUT2D eigenvalue weighted by Gasteiger charge is -2.17. The Hall–Kier alpha value is -1.08. The molecule has 0 aliphatic heterocycles. The van der Waals surface area contributed by atoms with Gasteiger partial charge in [-0.25, -0.2) is 0 Å². The zero-order valence-corrected chi connectivity index (χ0v) is 9.95. The third-order valence-electron chi connectivity index (χ3n) is 3.20. The third-order valence-corrected chi connectivity index (χ3v) is 3.20. The van der Waals surface area contributed by atoms with Gasteiger partial charge in [0.05, 0.1) is 6.10 Å². The predicted molar refractivity (Wildman–Crippen MR) is 68.3 cm³/mol. The van der Waals surface area contributed by atoms with Crippen molar-refractivity contribution in [2.24, 2.45) is 0 Å². The first kappa shape index (κ1) is 11.4. The summed E-state index contributed by atoms with van der Waals surface area (Å²) in [5, 5.41) is 9.60. The van der Waals surface area contributed by atoms with E-state index < -0.39 is 0 Å². The lowest BCUT2D eigenvalue weighted by molar-refractivity contribution is 0.206. The molecule has 1 aromatic rings. The van der Waals surface area contributed by atoms with E-state index in [1.807, 2.05) is 6.08 Å². The van der Waals surface area contributed by atoms with Gasteiger partial charge >= 0.3 is 0 Å². The smallest absolute Gasteiger partial charge is 0.0726 e. The van der Waals surface area contributed by atoms with Gasteiger partial charge in [-0.2, -0.15) is 0 Å². The molecule has 2 rings (SSSR count). The molecular formula is C15H20O. The minimum absolute atomic E-state index is 0.237. The largest absolute Gasteiger partial charge is 0.389 e. The van der Waals surface area contributed by atoms with E-state index in [-0.39, 0.29) is 6.10 Å². The average Bonchev–Trinajstić information content (AvgIpc) is 2.30. The van der Waals surface area contributed by atoms with E-state index in [0.717, 1.165) is 25.7 Å². The summed E-state index contributed by atoms with van der Waals surface area (Å²) in [6.07, 6.45) is 7.24. The molecule has 1 aliphatic rings. The number of aryl methyl sites for hydroxylation is 1. The molecule has 1 aromatic carbocycles. The summed E-state index contributed by atoms with van der Waals surface area (Å²) in [4.78, 5) is 0. The quantitative estimate of drug-likeness (QED) is 0.819. The molecule has 0 aromatic heterocycles. The van der Waals surface area contributed by atoms with Crippen molar-refractivity contribution in [3.63, 3.8) is 0 Å². The van der Waals surface area contributed by atoms with Crippen molar-refractivity contribution in [1.82, 2.24) is 0 Å². The lowest BCUT2D eigenvalue weighted by atomic mass is 9.91. The highest BCUT2D eigenvalue weighted by atomic mass is 16.3. The van der Waals surface area contributed by atoms with Crippen LogP contribution in [0, 0.1) is 0 Å². The van der Waals surface area contributed by atoms with Crippen LogP contribution in [0.1, 0.15) is 43.7 Å². The summed E-state index contributed by atoms with van der Waals surface area (Å²) in [7, 11) is 0. The van der Waals surface area contributed by atoms with Crippen molar-refractivity contribution < 1.29 is 5.11 Å². The first-order chi connectivity index (χ1) is 7.79. The van der Waals surface area contributed by atoms with Gasteiger partial charge in [-0.05, 0) is 42.4 Å². The molecule has 0 heterocycles. The SMILES string of the molecule is CCCc1ccc(C2=CC(O)CCC2)cc1. The van der Waals surface area contributed by atoms with Gasteiger partial charge < -0.3 is 5.11 Å². The van der Waals surface area contributed by atoms with E-state index in [1.165, 1.54) is 23.1 Å². The number of benzene rings is 1. The predicted octanol–water partition coefficient (Wildman–Crippen LogP) is 3.57. The second-order valence-corrected chi connectivity index (χ2v) is 4.60. The fourth-order valence-electron chi connectivity index (χ4n) is 2.32. The summed E-state index contributed by atoms with van der Waals surface area (Å²) >= 11 is 0. The maximum Gasteiger partial charge on any atom is 0.0726 e. The van der Waals surface area contributed by atoms with Crippen LogP contribution in [0.2, 0.25) is 0 Å². The standard InChI is InChI=1S/C15H20O/c1-2-4-12-7-9-13(10-8-12)14-5-3-6-15(16)11-14/h7-11,15-16H,2-6H2,1H3. The Labute approximate surface area is 97.8 Å². The van der Waals surface area contributed by atoms with Crippen LogP contribution >= 0.6 is 0 Å². The summed E-state index contributed by atoms with van der Waals surface area (Å²) < 4.78 is 0. The molecule has 0 saturated carbocycles. The second-order valence-electron chi connectivity index (χ2n) is 4.60. The van der Waals surface area contributed by atoms with Gasteiger partial charge in [0.25, 0.3) is 0 Å². The van der Waals surface area contributed by atoms with E-state index in [4.69, 9.17) is 0 Å². The molecule has 1 N–H and O–H groups in total. The molecule has 16 heavy (non-hydrogen) atoms. The van der Waals surface area contributed by atoms with Crippen LogP contribution in [0.15, 0.2) is 30.3 Å². The normalized spacial score (nSPS) is 20.6. The van der Waals surface area contributed by atoms with Gasteiger partial charge in [-0.15, -0.1) is 0 Å². The first-order valence-corrected chi connectivity index (χ1v) is 6.27. The highest BCUT2D eigenvalue weighted by Crippen LogP contribution is 2.27. The summed E-state index contributed by atoms with van der Waals surface area (Å²) in [6, 6.07) is 8.80. The Morgan fingerprint density at radius 3 is 2.62 bits per heavy atom. The Bertz CT molecular complexity index is 362. The minimum Gasteiger partial charge on any atom is -0.389 e. The number of hydrogen-bond donors (Lipinski definition) is 1. The summed E-state index contributed by atoms with van der Waals surface area (Å²) in [5.74, 6) is 0. The maximum atomic E-state index is 9.60. The molecule has 0 radical (unpaired) electrons. The fraction of sp³-hybridized carbons (Fsp3) is 0.467. The molecule has 0 amide bonds. The number of rotatable bonds is 3. The van der Waals surface area contributed by atoms with E-state index in [1.54, 1.807) is 0 Å². The Morgan fingerprint density at radius 2 is 2.00 bits per heavy atom. The van der Waals surface area contributed by atoms with Crippen molar-refractivity contribution in [1.29, 1.82) is 0 Å². The highest BCUT2D eigenvalue weighted by molar-refractivity contribution is 5.66. The Kier molecular flexibility index (Phi) is 3.79. The van der Waals surface area contributed by atoms with Crippen LogP contribution in [0.25, 0.3) is 5.57 Å². The molecule has 0 spiro atoms. The fourth-order valence-corrected chi connectivity index (χ4v) is 2.32. The molecule has 1 aliphatic carbocycles. The van der Waals surface area contributed by atoms with Gasteiger partial charge in [0.2, 0.25) is 0 Å². The van der Waals surface area contributed by atoms with Crippen LogP contribution in [0.5, 0.6) is 0 Å². The van der Waals surface area contributed by atoms with Crippen molar-refractivity contribution in [3.8, 4) is 0 Å². The van der Waals surface area contributed by atoms with Crippen molar-refractivity contribution >= 4 is 5.57 Å². The van der Waals surface area contributed by atoms with E-state index in [9.17, 15) is 5.11 Å². The lowest BCUT2D eigenvalue weighted by Crippen LogP contribution is -2.08. The van der Waals surface area contributed by atoms with E-state index in [2.05, 4.69) is 31.2 Å². The topological polar surface area (TPSA) is 20.2 Å². The van der Waals surface area contributed by atoms with Gasteiger partial charge in [-0.3, -0.25) is 0 Å². The number of allylic oxidation sites excluding steroid dienone is 1. The first-order valence-electron chi connectivity index (χ1n) is 6.27. The molecule has 1 atom stereocenters. The van der Waals surface area contributed by atoms with Gasteiger partial charge in [0.1, 0.15) is 0 Å². The Morgan fingerprint density at radius 1 is 1.25 bits per heavy atom. The number of aliphatic hydroxyl groups excluding tert-OH is 1. The minimum atomic E-state index is -0.237. The maximum absolute atomic E-state index is 9.60. The van der Waals surface area contributed by atoms with Crippen LogP contribution in [-0.2, 0) is 6.42 Å². The van der Waals surface area contributed by atoms with Crippen LogP contribution in [0.4, 0.5) is 0 Å². The van der Waals surface area contributed by atoms with Gasteiger partial charge in [0.15, 0.2) is 0 Å². The van der Waals surface area contributed by atoms with Gasteiger partial charge in [-0.1, -0.05) is 43.7 Å². The van der Waals surface area contributed by atoms with Crippen molar-refractivity contribution in [2.45, 2.75) is 45.1 Å². The molecule has 0 saturated heterocycles.